The number of rotatable bonds is 8. The molecule has 0 amide bonds. The normalized spacial score (nSPS) is 18.2. The summed E-state index contributed by atoms with van der Waals surface area (Å²) in [5.41, 5.74) is 0.352. The Bertz CT molecular complexity index is 610. The molecule has 0 radical (unpaired) electrons. The Morgan fingerprint density at radius 1 is 0.964 bits per heavy atom. The van der Waals surface area contributed by atoms with E-state index < -0.39 is 11.9 Å². The lowest BCUT2D eigenvalue weighted by Crippen LogP contribution is -2.06. The van der Waals surface area contributed by atoms with Gasteiger partial charge in [0.1, 0.15) is 36.9 Å². The highest BCUT2D eigenvalue weighted by Crippen LogP contribution is 2.22. The lowest BCUT2D eigenvalue weighted by atomic mass is 10.3. The van der Waals surface area contributed by atoms with Crippen molar-refractivity contribution >= 4 is 11.9 Å². The van der Waals surface area contributed by atoms with E-state index in [1.807, 2.05) is 24.3 Å². The molecule has 8 nitrogen and oxygen atoms in total. The fourth-order valence-corrected chi connectivity index (χ4v) is 1.36. The molecule has 2 aliphatic heterocycles. The van der Waals surface area contributed by atoms with E-state index in [9.17, 15) is 9.59 Å². The highest BCUT2D eigenvalue weighted by atomic mass is 16.6. The Balaban J connectivity index is 0.000000274. The van der Waals surface area contributed by atoms with E-state index in [1.54, 1.807) is 0 Å². The topological polar surface area (TPSA) is 118 Å². The molecule has 154 valence electrons. The van der Waals surface area contributed by atoms with Gasteiger partial charge in [-0.3, -0.25) is 0 Å². The summed E-state index contributed by atoms with van der Waals surface area (Å²) in [5, 5.41) is 15.8. The van der Waals surface area contributed by atoms with Gasteiger partial charge in [0.15, 0.2) is 0 Å². The van der Waals surface area contributed by atoms with E-state index in [-0.39, 0.29) is 23.4 Å². The van der Waals surface area contributed by atoms with Crippen LogP contribution in [0.4, 0.5) is 0 Å². The molecule has 2 fully saturated rings. The number of ether oxygens (including phenoxy) is 4. The summed E-state index contributed by atoms with van der Waals surface area (Å²) < 4.78 is 21.3. The van der Waals surface area contributed by atoms with Crippen LogP contribution >= 0.6 is 0 Å². The average Bonchev–Trinajstić information content (AvgIpc) is 3.55. The summed E-state index contributed by atoms with van der Waals surface area (Å²) >= 11 is 0. The van der Waals surface area contributed by atoms with Crippen molar-refractivity contribution < 1.29 is 38.7 Å². The zero-order valence-electron chi connectivity index (χ0n) is 16.1. The number of epoxide rings is 2. The molecule has 0 aromatic heterocycles. The quantitative estimate of drug-likeness (QED) is 0.510. The van der Waals surface area contributed by atoms with Gasteiger partial charge in [0.2, 0.25) is 0 Å². The van der Waals surface area contributed by atoms with Gasteiger partial charge in [0.25, 0.3) is 0 Å². The highest BCUT2D eigenvalue weighted by molar-refractivity contribution is 5.85. The van der Waals surface area contributed by atoms with Gasteiger partial charge < -0.3 is 29.2 Å². The summed E-state index contributed by atoms with van der Waals surface area (Å²) in [6, 6.07) is 7.66. The SMILES string of the molecule is C=C(C)C(=O)O.C=C(C)C(=O)O.c1cc(OCC2CO2)cc(OCC2CO2)c1. The monoisotopic (exact) mass is 394 g/mol. The Morgan fingerprint density at radius 2 is 1.29 bits per heavy atom. The second-order valence-corrected chi connectivity index (χ2v) is 6.18. The molecule has 2 heterocycles. The molecule has 8 heteroatoms. The molecule has 2 aliphatic rings. The number of carboxylic acids is 2. The first kappa shape index (κ1) is 23.2. The van der Waals surface area contributed by atoms with E-state index in [4.69, 9.17) is 29.2 Å². The third kappa shape index (κ3) is 11.7. The first-order valence-electron chi connectivity index (χ1n) is 8.55. The van der Waals surface area contributed by atoms with Gasteiger partial charge in [-0.2, -0.15) is 0 Å². The molecule has 2 unspecified atom stereocenters. The molecule has 1 aromatic rings. The lowest BCUT2D eigenvalue weighted by Gasteiger charge is -2.07. The number of carboxylic acid groups (broad SMARTS) is 2. The largest absolute Gasteiger partial charge is 0.491 e. The minimum Gasteiger partial charge on any atom is -0.491 e. The number of aliphatic carboxylic acids is 2. The van der Waals surface area contributed by atoms with Crippen LogP contribution in [0, 0.1) is 0 Å². The zero-order valence-corrected chi connectivity index (χ0v) is 16.1. The number of carbonyl (C=O) groups is 2. The molecule has 1 aromatic carbocycles. The predicted molar refractivity (Wildman–Crippen MR) is 102 cm³/mol. The number of hydrogen-bond acceptors (Lipinski definition) is 6. The van der Waals surface area contributed by atoms with Crippen molar-refractivity contribution in [1.29, 1.82) is 0 Å². The van der Waals surface area contributed by atoms with Crippen LogP contribution in [-0.4, -0.2) is 60.8 Å². The molecule has 2 saturated heterocycles. The van der Waals surface area contributed by atoms with Gasteiger partial charge in [0, 0.05) is 17.2 Å². The first-order chi connectivity index (χ1) is 13.2. The van der Waals surface area contributed by atoms with Gasteiger partial charge in [-0.15, -0.1) is 0 Å². The van der Waals surface area contributed by atoms with Gasteiger partial charge in [-0.1, -0.05) is 19.2 Å². The van der Waals surface area contributed by atoms with Crippen molar-refractivity contribution in [2.75, 3.05) is 26.4 Å². The summed E-state index contributed by atoms with van der Waals surface area (Å²) in [5.74, 6) is -0.223. The molecule has 0 aliphatic carbocycles. The van der Waals surface area contributed by atoms with Crippen molar-refractivity contribution in [3.63, 3.8) is 0 Å². The van der Waals surface area contributed by atoms with E-state index in [1.165, 1.54) is 13.8 Å². The van der Waals surface area contributed by atoms with Gasteiger partial charge in [-0.25, -0.2) is 9.59 Å². The first-order valence-corrected chi connectivity index (χ1v) is 8.55. The molecule has 0 saturated carbocycles. The van der Waals surface area contributed by atoms with Crippen LogP contribution in [0.15, 0.2) is 48.6 Å². The van der Waals surface area contributed by atoms with Crippen LogP contribution < -0.4 is 9.47 Å². The molecule has 2 atom stereocenters. The Kier molecular flexibility index (Phi) is 9.76. The number of benzene rings is 1. The second kappa shape index (κ2) is 11.8. The van der Waals surface area contributed by atoms with E-state index in [2.05, 4.69) is 13.2 Å². The predicted octanol–water partition coefficient (Wildman–Crippen LogP) is 2.54. The fourth-order valence-electron chi connectivity index (χ4n) is 1.36. The van der Waals surface area contributed by atoms with Crippen LogP contribution in [-0.2, 0) is 19.1 Å². The van der Waals surface area contributed by atoms with Crippen LogP contribution in [0.1, 0.15) is 13.8 Å². The Morgan fingerprint density at radius 3 is 1.54 bits per heavy atom. The van der Waals surface area contributed by atoms with Crippen molar-refractivity contribution in [1.82, 2.24) is 0 Å². The molecular formula is C20H26O8. The van der Waals surface area contributed by atoms with Crippen molar-refractivity contribution in [3.05, 3.63) is 48.6 Å². The van der Waals surface area contributed by atoms with Crippen LogP contribution in [0.25, 0.3) is 0 Å². The van der Waals surface area contributed by atoms with Gasteiger partial charge >= 0.3 is 11.9 Å². The van der Waals surface area contributed by atoms with Crippen molar-refractivity contribution in [2.45, 2.75) is 26.1 Å². The van der Waals surface area contributed by atoms with Crippen LogP contribution in [0.5, 0.6) is 11.5 Å². The lowest BCUT2D eigenvalue weighted by molar-refractivity contribution is -0.133. The molecule has 0 bridgehead atoms. The summed E-state index contributed by atoms with van der Waals surface area (Å²) in [6.45, 7) is 12.1. The third-order valence-corrected chi connectivity index (χ3v) is 3.21. The maximum Gasteiger partial charge on any atom is 0.330 e. The fraction of sp³-hybridized carbons (Fsp3) is 0.400. The summed E-state index contributed by atoms with van der Waals surface area (Å²) in [4.78, 5) is 19.2. The molecule has 0 spiro atoms. The van der Waals surface area contributed by atoms with E-state index in [0.29, 0.717) is 13.2 Å². The van der Waals surface area contributed by atoms with E-state index >= 15 is 0 Å². The Hall–Kier alpha value is -2.84. The smallest absolute Gasteiger partial charge is 0.330 e. The minimum absolute atomic E-state index is 0.176. The van der Waals surface area contributed by atoms with Crippen molar-refractivity contribution in [2.24, 2.45) is 0 Å². The Labute approximate surface area is 164 Å². The maximum atomic E-state index is 9.60. The molecule has 28 heavy (non-hydrogen) atoms. The molecule has 3 rings (SSSR count). The third-order valence-electron chi connectivity index (χ3n) is 3.21. The van der Waals surface area contributed by atoms with Gasteiger partial charge in [-0.05, 0) is 26.0 Å². The van der Waals surface area contributed by atoms with Crippen molar-refractivity contribution in [3.8, 4) is 11.5 Å². The van der Waals surface area contributed by atoms with Gasteiger partial charge in [0.05, 0.1) is 13.2 Å². The highest BCUT2D eigenvalue weighted by Gasteiger charge is 2.24. The zero-order chi connectivity index (χ0) is 21.1. The number of hydrogen-bond donors (Lipinski definition) is 2. The summed E-state index contributed by atoms with van der Waals surface area (Å²) in [6.07, 6.45) is 0.564. The summed E-state index contributed by atoms with van der Waals surface area (Å²) in [7, 11) is 0. The average molecular weight is 394 g/mol. The maximum absolute atomic E-state index is 9.60. The van der Waals surface area contributed by atoms with Crippen LogP contribution in [0.3, 0.4) is 0 Å². The molecular weight excluding hydrogens is 368 g/mol. The standard InChI is InChI=1S/C12H14O4.2C4H6O2/c1-2-9(13-5-11-7-15-11)4-10(3-1)14-6-12-8-16-12;2*1-3(2)4(5)6/h1-4,11-12H,5-8H2;2*1H2,2H3,(H,5,6). The molecule has 2 N–H and O–H groups in total. The minimum atomic E-state index is -0.935. The van der Waals surface area contributed by atoms with E-state index in [0.717, 1.165) is 24.7 Å². The van der Waals surface area contributed by atoms with Crippen LogP contribution in [0.2, 0.25) is 0 Å². The second-order valence-electron chi connectivity index (χ2n) is 6.18.